The molecule has 2 nitrogen and oxygen atoms in total. The predicted molar refractivity (Wildman–Crippen MR) is 269 cm³/mol. The average molecular weight is 817 g/mol. The highest BCUT2D eigenvalue weighted by Gasteiger charge is 2.44. The van der Waals surface area contributed by atoms with E-state index in [1.807, 2.05) is 0 Å². The van der Waals surface area contributed by atoms with Gasteiger partial charge in [-0.15, -0.1) is 0 Å². The zero-order valence-corrected chi connectivity index (χ0v) is 38.0. The van der Waals surface area contributed by atoms with Gasteiger partial charge in [0.05, 0.1) is 16.7 Å². The summed E-state index contributed by atoms with van der Waals surface area (Å²) in [5, 5.41) is 2.53. The molecule has 2 heteroatoms. The van der Waals surface area contributed by atoms with E-state index in [-0.39, 0.29) is 16.2 Å². The highest BCUT2D eigenvalue weighted by molar-refractivity contribution is 6.10. The van der Waals surface area contributed by atoms with Crippen LogP contribution >= 0.6 is 0 Å². The Labute approximate surface area is 373 Å². The topological polar surface area (TPSA) is 8.17 Å². The number of hydrogen-bond acceptors (Lipinski definition) is 1. The lowest BCUT2D eigenvalue weighted by Crippen LogP contribution is -2.24. The van der Waals surface area contributed by atoms with Crippen molar-refractivity contribution >= 4 is 38.9 Å². The van der Waals surface area contributed by atoms with Crippen LogP contribution in [0.2, 0.25) is 0 Å². The van der Waals surface area contributed by atoms with Crippen molar-refractivity contribution in [1.82, 2.24) is 4.57 Å². The first-order valence-electron chi connectivity index (χ1n) is 23.0. The van der Waals surface area contributed by atoms with E-state index in [9.17, 15) is 0 Å². The SMILES string of the molecule is CCC1(CC)c2cc(C(C)(C)C)c(C)cc2-c2c(N(c3ccc(-c4ccc5c(c4)c4ccccc4n5-c4ccccc4)cc3)c3ccc4c(c3)C(C)(C)c3ccccc3-4)cccc21. The summed E-state index contributed by atoms with van der Waals surface area (Å²) in [6, 6.07) is 64.2. The zero-order chi connectivity index (χ0) is 43.4. The van der Waals surface area contributed by atoms with Gasteiger partial charge in [-0.05, 0) is 147 Å². The molecule has 310 valence electrons. The van der Waals surface area contributed by atoms with Gasteiger partial charge in [0.1, 0.15) is 0 Å². The van der Waals surface area contributed by atoms with E-state index in [0.717, 1.165) is 18.5 Å². The first kappa shape index (κ1) is 39.2. The fraction of sp³-hybridized carbons (Fsp3) is 0.213. The van der Waals surface area contributed by atoms with Crippen LogP contribution in [0.15, 0.2) is 170 Å². The van der Waals surface area contributed by atoms with Crippen LogP contribution in [0.4, 0.5) is 17.1 Å². The van der Waals surface area contributed by atoms with Gasteiger partial charge in [0.2, 0.25) is 0 Å². The lowest BCUT2D eigenvalue weighted by atomic mass is 9.72. The van der Waals surface area contributed by atoms with Crippen LogP contribution in [0.25, 0.3) is 60.9 Å². The van der Waals surface area contributed by atoms with Crippen molar-refractivity contribution in [1.29, 1.82) is 0 Å². The molecule has 1 heterocycles. The summed E-state index contributed by atoms with van der Waals surface area (Å²) < 4.78 is 2.39. The van der Waals surface area contributed by atoms with Crippen molar-refractivity contribution in [2.24, 2.45) is 0 Å². The van der Waals surface area contributed by atoms with Crippen LogP contribution in [-0.2, 0) is 16.2 Å². The largest absolute Gasteiger partial charge is 0.310 e. The number of para-hydroxylation sites is 2. The van der Waals surface area contributed by atoms with Crippen LogP contribution in [0, 0.1) is 6.92 Å². The van der Waals surface area contributed by atoms with Crippen molar-refractivity contribution < 1.29 is 0 Å². The molecule has 0 N–H and O–H groups in total. The second-order valence-electron chi connectivity index (χ2n) is 19.7. The molecular weight excluding hydrogens is 761 g/mol. The number of hydrogen-bond donors (Lipinski definition) is 0. The molecule has 0 bridgehead atoms. The van der Waals surface area contributed by atoms with Crippen molar-refractivity contribution in [3.63, 3.8) is 0 Å². The van der Waals surface area contributed by atoms with E-state index in [1.54, 1.807) is 0 Å². The van der Waals surface area contributed by atoms with Crippen molar-refractivity contribution in [2.75, 3.05) is 4.90 Å². The van der Waals surface area contributed by atoms with E-state index >= 15 is 0 Å². The Morgan fingerprint density at radius 1 is 0.508 bits per heavy atom. The molecule has 0 spiro atoms. The fourth-order valence-corrected chi connectivity index (χ4v) is 11.8. The molecule has 2 aliphatic carbocycles. The van der Waals surface area contributed by atoms with Crippen molar-refractivity contribution in [2.45, 2.75) is 84.5 Å². The average Bonchev–Trinajstić information content (AvgIpc) is 3.86. The molecule has 1 aromatic heterocycles. The summed E-state index contributed by atoms with van der Waals surface area (Å²) in [5.41, 5.74) is 23.4. The molecule has 0 fully saturated rings. The Bertz CT molecular complexity index is 3260. The minimum Gasteiger partial charge on any atom is -0.310 e. The van der Waals surface area contributed by atoms with Crippen LogP contribution in [0.5, 0.6) is 0 Å². The molecule has 0 saturated heterocycles. The van der Waals surface area contributed by atoms with Gasteiger partial charge in [0, 0.05) is 44.2 Å². The second-order valence-corrected chi connectivity index (χ2v) is 19.7. The number of anilines is 3. The molecule has 63 heavy (non-hydrogen) atoms. The van der Waals surface area contributed by atoms with Gasteiger partial charge in [0.25, 0.3) is 0 Å². The first-order chi connectivity index (χ1) is 30.4. The van der Waals surface area contributed by atoms with Gasteiger partial charge in [0.15, 0.2) is 0 Å². The summed E-state index contributed by atoms with van der Waals surface area (Å²) in [7, 11) is 0. The van der Waals surface area contributed by atoms with Crippen LogP contribution in [0.3, 0.4) is 0 Å². The normalized spacial score (nSPS) is 14.4. The number of fused-ring (bicyclic) bond motifs is 9. The summed E-state index contributed by atoms with van der Waals surface area (Å²) >= 11 is 0. The lowest BCUT2D eigenvalue weighted by Gasteiger charge is -2.32. The number of rotatable bonds is 7. The second kappa shape index (κ2) is 14.2. The van der Waals surface area contributed by atoms with Crippen molar-refractivity contribution in [3.8, 4) is 39.1 Å². The Kier molecular flexibility index (Phi) is 8.84. The monoisotopic (exact) mass is 816 g/mol. The van der Waals surface area contributed by atoms with Crippen LogP contribution in [-0.4, -0.2) is 4.57 Å². The van der Waals surface area contributed by atoms with Crippen LogP contribution in [0.1, 0.15) is 94.7 Å². The van der Waals surface area contributed by atoms with Gasteiger partial charge >= 0.3 is 0 Å². The first-order valence-corrected chi connectivity index (χ1v) is 23.0. The Hall–Kier alpha value is -6.64. The van der Waals surface area contributed by atoms with Crippen molar-refractivity contribution in [3.05, 3.63) is 203 Å². The molecule has 0 radical (unpaired) electrons. The standard InChI is InChI=1S/C61H56N2/c1-9-61(10-2)51-24-18-26-57(58(51)49-35-39(3)52(38-54(49)61)59(4,5)6)62(44-32-33-46-45-21-14-16-23-50(45)60(7,8)53(46)37-44)43-30-27-40(28-31-43)41-29-34-56-48(36-41)47-22-15-17-25-55(47)63(56)42-19-12-11-13-20-42/h11-38H,9-10H2,1-8H3. The minimum absolute atomic E-state index is 0.0516. The number of benzene rings is 8. The van der Waals surface area contributed by atoms with Gasteiger partial charge in [-0.25, -0.2) is 0 Å². The van der Waals surface area contributed by atoms with E-state index in [4.69, 9.17) is 0 Å². The number of aromatic nitrogens is 1. The Morgan fingerprint density at radius 3 is 1.92 bits per heavy atom. The molecular formula is C61H56N2. The van der Waals surface area contributed by atoms with Gasteiger partial charge in [-0.3, -0.25) is 0 Å². The maximum atomic E-state index is 2.57. The van der Waals surface area contributed by atoms with Crippen LogP contribution < -0.4 is 4.90 Å². The highest BCUT2D eigenvalue weighted by atomic mass is 15.1. The smallest absolute Gasteiger partial charge is 0.0543 e. The quantitative estimate of drug-likeness (QED) is 0.156. The fourth-order valence-electron chi connectivity index (χ4n) is 11.8. The molecule has 11 rings (SSSR count). The maximum Gasteiger partial charge on any atom is 0.0543 e. The van der Waals surface area contributed by atoms with Gasteiger partial charge in [-0.1, -0.05) is 158 Å². The summed E-state index contributed by atoms with van der Waals surface area (Å²) in [4.78, 5) is 2.55. The Morgan fingerprint density at radius 2 is 1.16 bits per heavy atom. The van der Waals surface area contributed by atoms with E-state index in [1.165, 1.54) is 106 Å². The summed E-state index contributed by atoms with van der Waals surface area (Å²) in [5.74, 6) is 0. The predicted octanol–water partition coefficient (Wildman–Crippen LogP) is 16.9. The molecule has 0 atom stereocenters. The van der Waals surface area contributed by atoms with E-state index < -0.39 is 0 Å². The zero-order valence-electron chi connectivity index (χ0n) is 38.0. The lowest BCUT2D eigenvalue weighted by molar-refractivity contribution is 0.487. The molecule has 8 aromatic carbocycles. The molecule has 9 aromatic rings. The molecule has 0 aliphatic heterocycles. The van der Waals surface area contributed by atoms with E-state index in [2.05, 4.69) is 235 Å². The molecule has 2 aliphatic rings. The molecule has 0 amide bonds. The molecule has 0 unspecified atom stereocenters. The van der Waals surface area contributed by atoms with Gasteiger partial charge < -0.3 is 9.47 Å². The highest BCUT2D eigenvalue weighted by Crippen LogP contribution is 2.59. The van der Waals surface area contributed by atoms with Gasteiger partial charge in [-0.2, -0.15) is 0 Å². The third kappa shape index (κ3) is 5.76. The third-order valence-electron chi connectivity index (χ3n) is 14.9. The number of aryl methyl sites for hydroxylation is 1. The van der Waals surface area contributed by atoms with E-state index in [0.29, 0.717) is 0 Å². The Balaban J connectivity index is 1.10. The third-order valence-corrected chi connectivity index (χ3v) is 14.9. The maximum absolute atomic E-state index is 2.57. The summed E-state index contributed by atoms with van der Waals surface area (Å²) in [6.07, 6.45) is 2.10. The number of nitrogens with zero attached hydrogens (tertiary/aromatic N) is 2. The summed E-state index contributed by atoms with van der Waals surface area (Å²) in [6.45, 7) is 18.9. The minimum atomic E-state index is -0.120. The molecule has 0 saturated carbocycles.